The van der Waals surface area contributed by atoms with E-state index in [1.165, 1.54) is 19.1 Å². The summed E-state index contributed by atoms with van der Waals surface area (Å²) in [6.45, 7) is 2.23. The van der Waals surface area contributed by atoms with E-state index < -0.39 is 9.84 Å². The fourth-order valence-corrected chi connectivity index (χ4v) is 3.54. The number of fused-ring (bicyclic) bond motifs is 1. The Morgan fingerprint density at radius 1 is 1.26 bits per heavy atom. The normalized spacial score (nSPS) is 19.1. The Kier molecular flexibility index (Phi) is 2.71. The summed E-state index contributed by atoms with van der Waals surface area (Å²) in [6, 6.07) is 5.09. The highest BCUT2D eigenvalue weighted by molar-refractivity contribution is 7.90. The summed E-state index contributed by atoms with van der Waals surface area (Å²) in [6.07, 6.45) is 5.99. The fourth-order valence-electron chi connectivity index (χ4n) is 2.90. The number of imidazole rings is 1. The topological polar surface area (TPSA) is 62.8 Å². The van der Waals surface area contributed by atoms with E-state index in [2.05, 4.69) is 16.9 Å². The highest BCUT2D eigenvalue weighted by Crippen LogP contribution is 2.39. The third-order valence-electron chi connectivity index (χ3n) is 4.16. The number of benzene rings is 1. The van der Waals surface area contributed by atoms with Crippen LogP contribution in [0.15, 0.2) is 23.1 Å². The van der Waals surface area contributed by atoms with Crippen molar-refractivity contribution in [1.29, 1.82) is 0 Å². The predicted molar refractivity (Wildman–Crippen MR) is 75.0 cm³/mol. The molecule has 1 aromatic carbocycles. The number of nitrogens with one attached hydrogen (secondary N) is 1. The Balaban J connectivity index is 2.11. The molecule has 1 saturated carbocycles. The lowest BCUT2D eigenvalue weighted by Crippen LogP contribution is -2.18. The third-order valence-corrected chi connectivity index (χ3v) is 5.27. The highest BCUT2D eigenvalue weighted by Gasteiger charge is 2.33. The molecule has 1 aliphatic rings. The van der Waals surface area contributed by atoms with Gasteiger partial charge in [-0.15, -0.1) is 0 Å². The summed E-state index contributed by atoms with van der Waals surface area (Å²) >= 11 is 0. The molecule has 0 unspecified atom stereocenters. The van der Waals surface area contributed by atoms with E-state index in [1.807, 2.05) is 0 Å². The van der Waals surface area contributed by atoms with Crippen LogP contribution < -0.4 is 0 Å². The van der Waals surface area contributed by atoms with Crippen LogP contribution in [0.5, 0.6) is 0 Å². The van der Waals surface area contributed by atoms with Gasteiger partial charge in [-0.05, 0) is 31.0 Å². The van der Waals surface area contributed by atoms with Crippen molar-refractivity contribution >= 4 is 20.9 Å². The Morgan fingerprint density at radius 3 is 2.58 bits per heavy atom. The second kappa shape index (κ2) is 4.07. The van der Waals surface area contributed by atoms with Crippen LogP contribution in [0.1, 0.15) is 38.4 Å². The molecule has 0 amide bonds. The Labute approximate surface area is 113 Å². The van der Waals surface area contributed by atoms with Crippen LogP contribution in [0.3, 0.4) is 0 Å². The SMILES string of the molecule is CC1(c2nc3ccc(S(C)(=O)=O)cc3[nH]2)CCCC1. The van der Waals surface area contributed by atoms with Crippen molar-refractivity contribution in [2.45, 2.75) is 42.9 Å². The molecule has 0 spiro atoms. The summed E-state index contributed by atoms with van der Waals surface area (Å²) in [5.74, 6) is 0.991. The van der Waals surface area contributed by atoms with Gasteiger partial charge in [-0.1, -0.05) is 19.8 Å². The maximum Gasteiger partial charge on any atom is 0.175 e. The third kappa shape index (κ3) is 2.16. The maximum absolute atomic E-state index is 11.6. The summed E-state index contributed by atoms with van der Waals surface area (Å²) in [5.41, 5.74) is 1.77. The first kappa shape index (κ1) is 12.7. The number of sulfone groups is 1. The molecule has 5 heteroatoms. The summed E-state index contributed by atoms with van der Waals surface area (Å²) in [7, 11) is -3.17. The van der Waals surface area contributed by atoms with Crippen LogP contribution in [0.25, 0.3) is 11.0 Å². The van der Waals surface area contributed by atoms with E-state index in [9.17, 15) is 8.42 Å². The lowest BCUT2D eigenvalue weighted by Gasteiger charge is -2.19. The quantitative estimate of drug-likeness (QED) is 0.918. The predicted octanol–water partition coefficient (Wildman–Crippen LogP) is 2.80. The molecule has 102 valence electrons. The first-order valence-corrected chi connectivity index (χ1v) is 8.48. The van der Waals surface area contributed by atoms with Crippen LogP contribution in [-0.2, 0) is 15.3 Å². The molecule has 19 heavy (non-hydrogen) atoms. The van der Waals surface area contributed by atoms with Crippen LogP contribution in [0.4, 0.5) is 0 Å². The van der Waals surface area contributed by atoms with Crippen LogP contribution in [0.2, 0.25) is 0 Å². The molecule has 4 nitrogen and oxygen atoms in total. The van der Waals surface area contributed by atoms with Crippen LogP contribution in [0, 0.1) is 0 Å². The monoisotopic (exact) mass is 278 g/mol. The van der Waals surface area contributed by atoms with Gasteiger partial charge in [0.2, 0.25) is 0 Å². The molecule has 0 saturated heterocycles. The summed E-state index contributed by atoms with van der Waals surface area (Å²) in [5, 5.41) is 0. The largest absolute Gasteiger partial charge is 0.341 e. The van der Waals surface area contributed by atoms with Crippen molar-refractivity contribution in [2.75, 3.05) is 6.26 Å². The molecular weight excluding hydrogens is 260 g/mol. The van der Waals surface area contributed by atoms with Gasteiger partial charge in [0.05, 0.1) is 15.9 Å². The molecular formula is C14H18N2O2S. The lowest BCUT2D eigenvalue weighted by molar-refractivity contribution is 0.465. The Bertz CT molecular complexity index is 725. The van der Waals surface area contributed by atoms with E-state index in [4.69, 9.17) is 0 Å². The van der Waals surface area contributed by atoms with Crippen LogP contribution >= 0.6 is 0 Å². The Hall–Kier alpha value is -1.36. The number of hydrogen-bond donors (Lipinski definition) is 1. The van der Waals surface area contributed by atoms with Crippen LogP contribution in [-0.4, -0.2) is 24.6 Å². The number of nitrogens with zero attached hydrogens (tertiary/aromatic N) is 1. The molecule has 1 aliphatic carbocycles. The number of aromatic amines is 1. The zero-order valence-corrected chi connectivity index (χ0v) is 12.0. The average molecular weight is 278 g/mol. The first-order chi connectivity index (χ1) is 8.88. The molecule has 0 aliphatic heterocycles. The van der Waals surface area contributed by atoms with Crippen molar-refractivity contribution in [1.82, 2.24) is 9.97 Å². The molecule has 0 atom stereocenters. The molecule has 1 fully saturated rings. The maximum atomic E-state index is 11.6. The van der Waals surface area contributed by atoms with Crippen molar-refractivity contribution < 1.29 is 8.42 Å². The molecule has 0 radical (unpaired) electrons. The molecule has 1 heterocycles. The summed E-state index contributed by atoms with van der Waals surface area (Å²) < 4.78 is 23.1. The van der Waals surface area contributed by atoms with Crippen molar-refractivity contribution in [3.05, 3.63) is 24.0 Å². The Morgan fingerprint density at radius 2 is 1.95 bits per heavy atom. The van der Waals surface area contributed by atoms with Crippen molar-refractivity contribution in [2.24, 2.45) is 0 Å². The molecule has 2 aromatic rings. The fraction of sp³-hybridized carbons (Fsp3) is 0.500. The van der Waals surface area contributed by atoms with Gasteiger partial charge in [-0.2, -0.15) is 0 Å². The minimum absolute atomic E-state index is 0.115. The number of hydrogen-bond acceptors (Lipinski definition) is 3. The van der Waals surface area contributed by atoms with E-state index in [0.717, 1.165) is 29.7 Å². The van der Waals surface area contributed by atoms with Gasteiger partial charge < -0.3 is 4.98 Å². The molecule has 3 rings (SSSR count). The summed E-state index contributed by atoms with van der Waals surface area (Å²) in [4.78, 5) is 8.29. The second-order valence-electron chi connectivity index (χ2n) is 5.80. The van der Waals surface area contributed by atoms with Gasteiger partial charge >= 0.3 is 0 Å². The van der Waals surface area contributed by atoms with Gasteiger partial charge in [0.25, 0.3) is 0 Å². The van der Waals surface area contributed by atoms with Gasteiger partial charge in [0.1, 0.15) is 5.82 Å². The average Bonchev–Trinajstić information content (AvgIpc) is 2.93. The minimum atomic E-state index is -3.17. The second-order valence-corrected chi connectivity index (χ2v) is 7.82. The smallest absolute Gasteiger partial charge is 0.175 e. The van der Waals surface area contributed by atoms with Crippen molar-refractivity contribution in [3.63, 3.8) is 0 Å². The van der Waals surface area contributed by atoms with Gasteiger partial charge in [0.15, 0.2) is 9.84 Å². The zero-order chi connectivity index (χ0) is 13.7. The first-order valence-electron chi connectivity index (χ1n) is 6.59. The highest BCUT2D eigenvalue weighted by atomic mass is 32.2. The van der Waals surface area contributed by atoms with E-state index >= 15 is 0 Å². The molecule has 0 bridgehead atoms. The van der Waals surface area contributed by atoms with Gasteiger partial charge in [-0.3, -0.25) is 0 Å². The number of H-pyrrole nitrogens is 1. The van der Waals surface area contributed by atoms with E-state index in [1.54, 1.807) is 18.2 Å². The zero-order valence-electron chi connectivity index (χ0n) is 11.2. The van der Waals surface area contributed by atoms with Gasteiger partial charge in [0, 0.05) is 11.7 Å². The van der Waals surface area contributed by atoms with Gasteiger partial charge in [-0.25, -0.2) is 13.4 Å². The van der Waals surface area contributed by atoms with Crippen molar-refractivity contribution in [3.8, 4) is 0 Å². The minimum Gasteiger partial charge on any atom is -0.341 e. The number of aromatic nitrogens is 2. The number of rotatable bonds is 2. The molecule has 1 aromatic heterocycles. The van der Waals surface area contributed by atoms with E-state index in [0.29, 0.717) is 4.90 Å². The van der Waals surface area contributed by atoms with E-state index in [-0.39, 0.29) is 5.41 Å². The standard InChI is InChI=1S/C14H18N2O2S/c1-14(7-3-4-8-14)13-15-11-6-5-10(19(2,17)18)9-12(11)16-13/h5-6,9H,3-4,7-8H2,1-2H3,(H,15,16). The lowest BCUT2D eigenvalue weighted by atomic mass is 9.88. The molecule has 1 N–H and O–H groups in total.